The van der Waals surface area contributed by atoms with Crippen molar-refractivity contribution in [1.29, 1.82) is 0 Å². The van der Waals surface area contributed by atoms with Gasteiger partial charge in [0.25, 0.3) is 0 Å². The average Bonchev–Trinajstić information content (AvgIpc) is 2.62. The molecule has 0 unspecified atom stereocenters. The third-order valence-electron chi connectivity index (χ3n) is 4.24. The first-order chi connectivity index (χ1) is 12.2. The number of ketones is 1. The van der Waals surface area contributed by atoms with Gasteiger partial charge in [0.1, 0.15) is 0 Å². The maximum absolute atomic E-state index is 12.2. The highest BCUT2D eigenvalue weighted by Crippen LogP contribution is 2.32. The van der Waals surface area contributed by atoms with Gasteiger partial charge in [0.05, 0.1) is 17.9 Å². The van der Waals surface area contributed by atoms with E-state index < -0.39 is 0 Å². The van der Waals surface area contributed by atoms with Crippen LogP contribution in [-0.4, -0.2) is 18.4 Å². The number of rotatable bonds is 5. The molecule has 0 radical (unpaired) electrons. The fourth-order valence-electron chi connectivity index (χ4n) is 3.09. The van der Waals surface area contributed by atoms with Crippen molar-refractivity contribution >= 4 is 17.4 Å². The third kappa shape index (κ3) is 4.15. The number of esters is 1. The Hall–Kier alpha value is -2.88. The van der Waals surface area contributed by atoms with Crippen LogP contribution in [0.25, 0.3) is 0 Å². The van der Waals surface area contributed by atoms with Crippen LogP contribution in [0, 0.1) is 0 Å². The van der Waals surface area contributed by atoms with E-state index in [0.717, 1.165) is 17.7 Å². The van der Waals surface area contributed by atoms with Crippen molar-refractivity contribution in [3.63, 3.8) is 0 Å². The Morgan fingerprint density at radius 1 is 1.08 bits per heavy atom. The van der Waals surface area contributed by atoms with E-state index in [1.165, 1.54) is 0 Å². The number of hydrogen-bond donors (Lipinski definition) is 1. The predicted octanol–water partition coefficient (Wildman–Crippen LogP) is 4.31. The minimum atomic E-state index is -0.368. The van der Waals surface area contributed by atoms with Crippen molar-refractivity contribution < 1.29 is 14.3 Å². The fraction of sp³-hybridized carbons (Fsp3) is 0.238. The Kier molecular flexibility index (Phi) is 5.29. The molecule has 4 heteroatoms. The molecule has 0 saturated heterocycles. The van der Waals surface area contributed by atoms with E-state index >= 15 is 0 Å². The molecule has 2 aromatic rings. The van der Waals surface area contributed by atoms with Crippen molar-refractivity contribution in [2.24, 2.45) is 0 Å². The number of para-hydroxylation sites is 1. The van der Waals surface area contributed by atoms with Gasteiger partial charge in [-0.1, -0.05) is 42.5 Å². The van der Waals surface area contributed by atoms with Gasteiger partial charge in [0.15, 0.2) is 5.78 Å². The molecule has 0 aromatic heterocycles. The van der Waals surface area contributed by atoms with E-state index in [2.05, 4.69) is 5.32 Å². The van der Waals surface area contributed by atoms with Crippen LogP contribution in [0.2, 0.25) is 0 Å². The highest BCUT2D eigenvalue weighted by Gasteiger charge is 2.23. The Morgan fingerprint density at radius 3 is 2.56 bits per heavy atom. The second-order valence-electron chi connectivity index (χ2n) is 6.04. The van der Waals surface area contributed by atoms with Crippen LogP contribution in [-0.2, 0) is 9.53 Å². The number of hydrogen-bond acceptors (Lipinski definition) is 4. The largest absolute Gasteiger partial charge is 0.462 e. The number of ether oxygens (including phenoxy) is 1. The summed E-state index contributed by atoms with van der Waals surface area (Å²) in [5.41, 5.74) is 3.11. The summed E-state index contributed by atoms with van der Waals surface area (Å²) in [6.45, 7) is 2.10. The van der Waals surface area contributed by atoms with E-state index in [0.29, 0.717) is 24.3 Å². The molecule has 0 fully saturated rings. The summed E-state index contributed by atoms with van der Waals surface area (Å²) in [7, 11) is 0. The second kappa shape index (κ2) is 7.79. The molecule has 25 heavy (non-hydrogen) atoms. The van der Waals surface area contributed by atoms with Gasteiger partial charge in [0.2, 0.25) is 0 Å². The lowest BCUT2D eigenvalue weighted by Gasteiger charge is -2.24. The molecule has 2 aromatic carbocycles. The molecule has 1 aliphatic rings. The molecule has 1 aliphatic carbocycles. The average molecular weight is 335 g/mol. The topological polar surface area (TPSA) is 55.4 Å². The summed E-state index contributed by atoms with van der Waals surface area (Å²) in [4.78, 5) is 24.3. The van der Waals surface area contributed by atoms with Gasteiger partial charge >= 0.3 is 5.97 Å². The van der Waals surface area contributed by atoms with Crippen LogP contribution in [0.4, 0.5) is 5.69 Å². The van der Waals surface area contributed by atoms with Crippen LogP contribution < -0.4 is 5.32 Å². The van der Waals surface area contributed by atoms with Crippen molar-refractivity contribution in [3.8, 4) is 0 Å². The standard InChI is InChI=1S/C21H21NO3/c1-2-25-21(24)19-10-6-7-11-20(19)22-17-12-16(13-18(23)14-17)15-8-4-3-5-9-15/h3-11,14,16,22H,2,12-13H2,1H3/t16-/m1/s1. The van der Waals surface area contributed by atoms with E-state index in [-0.39, 0.29) is 17.7 Å². The quantitative estimate of drug-likeness (QED) is 0.828. The normalized spacial score (nSPS) is 16.9. The molecule has 0 aliphatic heterocycles. The number of benzene rings is 2. The molecule has 4 nitrogen and oxygen atoms in total. The number of nitrogens with one attached hydrogen (secondary N) is 1. The van der Waals surface area contributed by atoms with Crippen molar-refractivity contribution in [2.75, 3.05) is 11.9 Å². The van der Waals surface area contributed by atoms with E-state index in [1.54, 1.807) is 25.1 Å². The maximum Gasteiger partial charge on any atom is 0.340 e. The summed E-state index contributed by atoms with van der Waals surface area (Å²) in [5.74, 6) is -0.125. The van der Waals surface area contributed by atoms with E-state index in [9.17, 15) is 9.59 Å². The smallest absolute Gasteiger partial charge is 0.340 e. The molecule has 0 saturated carbocycles. The Bertz CT molecular complexity index is 796. The van der Waals surface area contributed by atoms with Gasteiger partial charge in [-0.3, -0.25) is 4.79 Å². The number of carbonyl (C=O) groups excluding carboxylic acids is 2. The molecule has 0 spiro atoms. The number of anilines is 1. The van der Waals surface area contributed by atoms with Crippen molar-refractivity contribution in [3.05, 3.63) is 77.5 Å². The van der Waals surface area contributed by atoms with Gasteiger partial charge in [-0.2, -0.15) is 0 Å². The van der Waals surface area contributed by atoms with Crippen LogP contribution in [0.3, 0.4) is 0 Å². The van der Waals surface area contributed by atoms with E-state index in [1.807, 2.05) is 42.5 Å². The Balaban J connectivity index is 1.81. The van der Waals surface area contributed by atoms with Crippen LogP contribution >= 0.6 is 0 Å². The van der Waals surface area contributed by atoms with Crippen molar-refractivity contribution in [1.82, 2.24) is 0 Å². The lowest BCUT2D eigenvalue weighted by atomic mass is 9.85. The maximum atomic E-state index is 12.2. The van der Waals surface area contributed by atoms with Crippen LogP contribution in [0.15, 0.2) is 66.4 Å². The molecule has 3 rings (SSSR count). The lowest BCUT2D eigenvalue weighted by molar-refractivity contribution is -0.115. The zero-order chi connectivity index (χ0) is 17.6. The first-order valence-corrected chi connectivity index (χ1v) is 8.49. The summed E-state index contributed by atoms with van der Waals surface area (Å²) >= 11 is 0. The number of allylic oxidation sites excluding steroid dienone is 2. The number of carbonyl (C=O) groups is 2. The van der Waals surface area contributed by atoms with Crippen molar-refractivity contribution in [2.45, 2.75) is 25.7 Å². The molecular weight excluding hydrogens is 314 g/mol. The van der Waals surface area contributed by atoms with Crippen LogP contribution in [0.1, 0.15) is 41.6 Å². The minimum absolute atomic E-state index is 0.0937. The summed E-state index contributed by atoms with van der Waals surface area (Å²) < 4.78 is 5.10. The molecule has 0 amide bonds. The highest BCUT2D eigenvalue weighted by molar-refractivity contribution is 5.97. The van der Waals surface area contributed by atoms with Gasteiger partial charge in [-0.25, -0.2) is 4.79 Å². The lowest BCUT2D eigenvalue weighted by Crippen LogP contribution is -2.18. The van der Waals surface area contributed by atoms with Gasteiger partial charge in [-0.15, -0.1) is 0 Å². The fourth-order valence-corrected chi connectivity index (χ4v) is 3.09. The SMILES string of the molecule is CCOC(=O)c1ccccc1NC1=CC(=O)C[C@H](c2ccccc2)C1. The van der Waals surface area contributed by atoms with Gasteiger partial charge in [-0.05, 0) is 37.0 Å². The van der Waals surface area contributed by atoms with Gasteiger partial charge in [0, 0.05) is 18.2 Å². The Morgan fingerprint density at radius 2 is 1.80 bits per heavy atom. The molecule has 0 heterocycles. The minimum Gasteiger partial charge on any atom is -0.462 e. The summed E-state index contributed by atoms with van der Waals surface area (Å²) in [6, 6.07) is 17.2. The first-order valence-electron chi connectivity index (χ1n) is 8.49. The first kappa shape index (κ1) is 17.0. The van der Waals surface area contributed by atoms with Gasteiger partial charge < -0.3 is 10.1 Å². The molecule has 128 valence electrons. The predicted molar refractivity (Wildman–Crippen MR) is 97.5 cm³/mol. The summed E-state index contributed by atoms with van der Waals surface area (Å²) in [5, 5.41) is 3.26. The zero-order valence-corrected chi connectivity index (χ0v) is 14.2. The molecular formula is C21H21NO3. The zero-order valence-electron chi connectivity index (χ0n) is 14.2. The highest BCUT2D eigenvalue weighted by atomic mass is 16.5. The molecule has 1 atom stereocenters. The van der Waals surface area contributed by atoms with E-state index in [4.69, 9.17) is 4.74 Å². The molecule has 1 N–H and O–H groups in total. The Labute approximate surface area is 147 Å². The third-order valence-corrected chi connectivity index (χ3v) is 4.24. The summed E-state index contributed by atoms with van der Waals surface area (Å²) in [6.07, 6.45) is 2.88. The van der Waals surface area contributed by atoms with Crippen LogP contribution in [0.5, 0.6) is 0 Å². The molecule has 0 bridgehead atoms. The second-order valence-corrected chi connectivity index (χ2v) is 6.04. The monoisotopic (exact) mass is 335 g/mol.